The normalized spacial score (nSPS) is 20.1. The Bertz CT molecular complexity index is 334. The van der Waals surface area contributed by atoms with Crippen molar-refractivity contribution in [2.45, 2.75) is 24.8 Å². The van der Waals surface area contributed by atoms with Crippen LogP contribution in [0.1, 0.15) is 18.4 Å². The summed E-state index contributed by atoms with van der Waals surface area (Å²) in [5.74, 6) is 0. The van der Waals surface area contributed by atoms with Crippen LogP contribution in [0.25, 0.3) is 0 Å². The fourth-order valence-corrected chi connectivity index (χ4v) is 2.45. The van der Waals surface area contributed by atoms with Crippen molar-refractivity contribution in [3.63, 3.8) is 0 Å². The van der Waals surface area contributed by atoms with Crippen LogP contribution in [0, 0.1) is 0 Å². The molecule has 1 aliphatic rings. The van der Waals surface area contributed by atoms with Crippen molar-refractivity contribution in [2.75, 3.05) is 13.2 Å². The summed E-state index contributed by atoms with van der Waals surface area (Å²) in [6, 6.07) is 8.37. The molecule has 1 fully saturated rings. The van der Waals surface area contributed by atoms with E-state index in [0.29, 0.717) is 0 Å². The fourth-order valence-electron chi connectivity index (χ4n) is 2.01. The van der Waals surface area contributed by atoms with E-state index in [-0.39, 0.29) is 5.54 Å². The topological polar surface area (TPSA) is 35.2 Å². The first-order valence-electron chi connectivity index (χ1n) is 5.29. The molecule has 1 aromatic carbocycles. The van der Waals surface area contributed by atoms with Gasteiger partial charge in [-0.15, -0.1) is 0 Å². The maximum atomic E-state index is 6.35. The Labute approximate surface area is 98.9 Å². The first kappa shape index (κ1) is 11.1. The van der Waals surface area contributed by atoms with Crippen molar-refractivity contribution in [1.29, 1.82) is 0 Å². The summed E-state index contributed by atoms with van der Waals surface area (Å²) >= 11 is 3.48. The van der Waals surface area contributed by atoms with Gasteiger partial charge in [0.25, 0.3) is 0 Å². The molecule has 0 aliphatic carbocycles. The summed E-state index contributed by atoms with van der Waals surface area (Å²) in [4.78, 5) is 0. The summed E-state index contributed by atoms with van der Waals surface area (Å²) in [5, 5.41) is 0. The van der Waals surface area contributed by atoms with E-state index in [4.69, 9.17) is 10.5 Å². The van der Waals surface area contributed by atoms with Gasteiger partial charge in [-0.2, -0.15) is 0 Å². The molecule has 0 spiro atoms. The summed E-state index contributed by atoms with van der Waals surface area (Å²) in [6.45, 7) is 1.59. The lowest BCUT2D eigenvalue weighted by atomic mass is 9.85. The molecule has 1 saturated heterocycles. The van der Waals surface area contributed by atoms with Gasteiger partial charge in [-0.1, -0.05) is 28.1 Å². The fraction of sp³-hybridized carbons (Fsp3) is 0.500. The van der Waals surface area contributed by atoms with E-state index in [1.54, 1.807) is 0 Å². The Balaban J connectivity index is 2.06. The number of halogens is 1. The molecule has 0 radical (unpaired) electrons. The van der Waals surface area contributed by atoms with Gasteiger partial charge in [0.05, 0.1) is 0 Å². The molecule has 15 heavy (non-hydrogen) atoms. The van der Waals surface area contributed by atoms with Gasteiger partial charge in [0.1, 0.15) is 0 Å². The minimum absolute atomic E-state index is 0.0704. The van der Waals surface area contributed by atoms with Crippen LogP contribution in [0.5, 0.6) is 0 Å². The van der Waals surface area contributed by atoms with Crippen LogP contribution in [-0.4, -0.2) is 18.8 Å². The Hall–Kier alpha value is -0.380. The first-order chi connectivity index (χ1) is 7.18. The van der Waals surface area contributed by atoms with Crippen molar-refractivity contribution in [2.24, 2.45) is 5.73 Å². The second kappa shape index (κ2) is 4.64. The number of benzene rings is 1. The maximum absolute atomic E-state index is 6.35. The Kier molecular flexibility index (Phi) is 3.44. The highest BCUT2D eigenvalue weighted by molar-refractivity contribution is 9.10. The lowest BCUT2D eigenvalue weighted by molar-refractivity contribution is 0.0533. The number of hydrogen-bond acceptors (Lipinski definition) is 2. The highest BCUT2D eigenvalue weighted by Crippen LogP contribution is 2.23. The third kappa shape index (κ3) is 3.03. The van der Waals surface area contributed by atoms with Crippen LogP contribution in [0.15, 0.2) is 28.7 Å². The van der Waals surface area contributed by atoms with Crippen molar-refractivity contribution in [3.8, 4) is 0 Å². The van der Waals surface area contributed by atoms with Crippen LogP contribution >= 0.6 is 15.9 Å². The number of rotatable bonds is 2. The van der Waals surface area contributed by atoms with Crippen LogP contribution in [0.4, 0.5) is 0 Å². The number of ether oxygens (including phenoxy) is 1. The van der Waals surface area contributed by atoms with Gasteiger partial charge in [0, 0.05) is 23.2 Å². The largest absolute Gasteiger partial charge is 0.381 e. The summed E-state index contributed by atoms with van der Waals surface area (Å²) in [7, 11) is 0. The first-order valence-corrected chi connectivity index (χ1v) is 6.08. The maximum Gasteiger partial charge on any atom is 0.0483 e. The molecule has 2 N–H and O–H groups in total. The zero-order valence-corrected chi connectivity index (χ0v) is 10.3. The molecule has 0 bridgehead atoms. The third-order valence-corrected chi connectivity index (χ3v) is 3.43. The van der Waals surface area contributed by atoms with Crippen molar-refractivity contribution < 1.29 is 4.74 Å². The molecule has 3 heteroatoms. The molecule has 1 heterocycles. The van der Waals surface area contributed by atoms with Gasteiger partial charge < -0.3 is 10.5 Å². The van der Waals surface area contributed by atoms with Crippen molar-refractivity contribution >= 4 is 15.9 Å². The average molecular weight is 270 g/mol. The molecule has 2 rings (SSSR count). The van der Waals surface area contributed by atoms with E-state index in [0.717, 1.165) is 36.9 Å². The molecule has 82 valence electrons. The van der Waals surface area contributed by atoms with Gasteiger partial charge in [-0.3, -0.25) is 0 Å². The van der Waals surface area contributed by atoms with E-state index in [1.807, 2.05) is 6.07 Å². The van der Waals surface area contributed by atoms with Gasteiger partial charge in [0.15, 0.2) is 0 Å². The van der Waals surface area contributed by atoms with E-state index in [2.05, 4.69) is 34.1 Å². The highest BCUT2D eigenvalue weighted by Gasteiger charge is 2.27. The second-order valence-electron chi connectivity index (χ2n) is 4.28. The van der Waals surface area contributed by atoms with E-state index in [1.165, 1.54) is 5.56 Å². The molecule has 0 unspecified atom stereocenters. The van der Waals surface area contributed by atoms with Crippen LogP contribution in [0.2, 0.25) is 0 Å². The summed E-state index contributed by atoms with van der Waals surface area (Å²) < 4.78 is 6.46. The predicted molar refractivity (Wildman–Crippen MR) is 64.8 cm³/mol. The average Bonchev–Trinajstić information content (AvgIpc) is 2.18. The quantitative estimate of drug-likeness (QED) is 0.896. The molecule has 0 atom stereocenters. The van der Waals surface area contributed by atoms with Gasteiger partial charge in [-0.05, 0) is 37.0 Å². The lowest BCUT2D eigenvalue weighted by Gasteiger charge is -2.33. The highest BCUT2D eigenvalue weighted by atomic mass is 79.9. The number of hydrogen-bond donors (Lipinski definition) is 1. The van der Waals surface area contributed by atoms with E-state index < -0.39 is 0 Å². The zero-order chi connectivity index (χ0) is 10.7. The summed E-state index contributed by atoms with van der Waals surface area (Å²) in [6.07, 6.45) is 2.86. The van der Waals surface area contributed by atoms with E-state index >= 15 is 0 Å². The number of nitrogens with two attached hydrogens (primary N) is 1. The Morgan fingerprint density at radius 2 is 2.07 bits per heavy atom. The van der Waals surface area contributed by atoms with Crippen molar-refractivity contribution in [1.82, 2.24) is 0 Å². The van der Waals surface area contributed by atoms with E-state index in [9.17, 15) is 0 Å². The molecule has 1 aromatic rings. The molecule has 0 amide bonds. The Morgan fingerprint density at radius 3 is 2.73 bits per heavy atom. The van der Waals surface area contributed by atoms with Crippen LogP contribution in [0.3, 0.4) is 0 Å². The van der Waals surface area contributed by atoms with Crippen molar-refractivity contribution in [3.05, 3.63) is 34.3 Å². The standard InChI is InChI=1S/C12H16BrNO/c13-11-3-1-2-10(8-11)9-12(14)4-6-15-7-5-12/h1-3,8H,4-7,9,14H2. The van der Waals surface area contributed by atoms with Crippen LogP contribution < -0.4 is 5.73 Å². The predicted octanol–water partition coefficient (Wildman–Crippen LogP) is 2.50. The zero-order valence-electron chi connectivity index (χ0n) is 8.71. The SMILES string of the molecule is NC1(Cc2cccc(Br)c2)CCOCC1. The van der Waals surface area contributed by atoms with Crippen LogP contribution in [-0.2, 0) is 11.2 Å². The molecular weight excluding hydrogens is 254 g/mol. The minimum atomic E-state index is -0.0704. The van der Waals surface area contributed by atoms with Gasteiger partial charge in [0.2, 0.25) is 0 Å². The molecular formula is C12H16BrNO. The molecule has 0 saturated carbocycles. The summed E-state index contributed by atoms with van der Waals surface area (Å²) in [5.41, 5.74) is 7.58. The molecule has 0 aromatic heterocycles. The minimum Gasteiger partial charge on any atom is -0.381 e. The Morgan fingerprint density at radius 1 is 1.33 bits per heavy atom. The molecule has 2 nitrogen and oxygen atoms in total. The molecule has 1 aliphatic heterocycles. The second-order valence-corrected chi connectivity index (χ2v) is 5.20. The smallest absolute Gasteiger partial charge is 0.0483 e. The van der Waals surface area contributed by atoms with Gasteiger partial charge >= 0.3 is 0 Å². The van der Waals surface area contributed by atoms with Gasteiger partial charge in [-0.25, -0.2) is 0 Å². The monoisotopic (exact) mass is 269 g/mol. The lowest BCUT2D eigenvalue weighted by Crippen LogP contribution is -2.46. The third-order valence-electron chi connectivity index (χ3n) is 2.93.